The number of thioether (sulfide) groups is 1. The van der Waals surface area contributed by atoms with Crippen LogP contribution in [0.4, 0.5) is 0 Å². The molecule has 1 saturated heterocycles. The maximum absolute atomic E-state index is 12.2. The molecule has 0 bridgehead atoms. The van der Waals surface area contributed by atoms with Crippen molar-refractivity contribution in [1.29, 1.82) is 0 Å². The zero-order chi connectivity index (χ0) is 15.3. The van der Waals surface area contributed by atoms with E-state index in [9.17, 15) is 4.79 Å². The fourth-order valence-corrected chi connectivity index (χ4v) is 3.72. The molecule has 1 atom stereocenters. The third kappa shape index (κ3) is 6.37. The van der Waals surface area contributed by atoms with Crippen LogP contribution in [0.15, 0.2) is 24.3 Å². The average molecular weight is 363 g/mol. The van der Waals surface area contributed by atoms with Crippen molar-refractivity contribution in [2.45, 2.75) is 38.3 Å². The lowest BCUT2D eigenvalue weighted by Crippen LogP contribution is -2.48. The fourth-order valence-electron chi connectivity index (χ4n) is 2.57. The molecule has 22 heavy (non-hydrogen) atoms. The van der Waals surface area contributed by atoms with E-state index >= 15 is 0 Å². The molecular weight excluding hydrogens is 339 g/mol. The number of carbonyl (C=O) groups is 1. The Hall–Kier alpha value is -0.420. The summed E-state index contributed by atoms with van der Waals surface area (Å²) >= 11 is 8.10. The molecular formula is C16H24Cl2N2OS. The summed E-state index contributed by atoms with van der Waals surface area (Å²) in [4.78, 5) is 12.2. The first-order valence-electron chi connectivity index (χ1n) is 7.32. The summed E-state index contributed by atoms with van der Waals surface area (Å²) in [6, 6.07) is 8.08. The molecule has 1 aliphatic heterocycles. The number of benzene rings is 1. The number of rotatable bonds is 5. The van der Waals surface area contributed by atoms with Gasteiger partial charge in [0.15, 0.2) is 0 Å². The van der Waals surface area contributed by atoms with E-state index in [4.69, 9.17) is 11.6 Å². The van der Waals surface area contributed by atoms with Crippen molar-refractivity contribution in [1.82, 2.24) is 10.6 Å². The quantitative estimate of drug-likeness (QED) is 0.844. The molecule has 124 valence electrons. The number of hydrogen-bond donors (Lipinski definition) is 2. The Morgan fingerprint density at radius 2 is 2.18 bits per heavy atom. The van der Waals surface area contributed by atoms with Gasteiger partial charge in [-0.05, 0) is 31.9 Å². The first-order chi connectivity index (χ1) is 9.96. The molecule has 0 spiro atoms. The van der Waals surface area contributed by atoms with Gasteiger partial charge in [0.25, 0.3) is 0 Å². The summed E-state index contributed by atoms with van der Waals surface area (Å²) in [5.41, 5.74) is 0.764. The first-order valence-corrected chi connectivity index (χ1v) is 8.85. The molecule has 2 N–H and O–H groups in total. The Morgan fingerprint density at radius 3 is 2.82 bits per heavy atom. The lowest BCUT2D eigenvalue weighted by molar-refractivity contribution is -0.123. The standard InChI is InChI=1S/C16H23ClN2OS.ClH/c1-16(2,10-12-5-3-4-6-14(12)17)19-15(20)9-13-11-21-8-7-18-13;/h3-6,13,18H,7-11H2,1-2H3,(H,19,20);1H. The number of amides is 1. The van der Waals surface area contributed by atoms with Gasteiger partial charge in [0, 0.05) is 41.1 Å². The van der Waals surface area contributed by atoms with Crippen molar-refractivity contribution < 1.29 is 4.79 Å². The zero-order valence-electron chi connectivity index (χ0n) is 13.0. The normalized spacial score (nSPS) is 18.4. The largest absolute Gasteiger partial charge is 0.351 e. The van der Waals surface area contributed by atoms with E-state index in [0.29, 0.717) is 12.5 Å². The highest BCUT2D eigenvalue weighted by molar-refractivity contribution is 7.99. The van der Waals surface area contributed by atoms with E-state index < -0.39 is 0 Å². The second-order valence-corrected chi connectivity index (χ2v) is 7.69. The summed E-state index contributed by atoms with van der Waals surface area (Å²) in [6.45, 7) is 5.07. The van der Waals surface area contributed by atoms with Crippen LogP contribution in [0.25, 0.3) is 0 Å². The minimum absolute atomic E-state index is 0. The smallest absolute Gasteiger partial charge is 0.222 e. The van der Waals surface area contributed by atoms with Gasteiger partial charge in [-0.25, -0.2) is 0 Å². The highest BCUT2D eigenvalue weighted by Gasteiger charge is 2.24. The average Bonchev–Trinajstić information content (AvgIpc) is 2.41. The van der Waals surface area contributed by atoms with E-state index in [2.05, 4.69) is 10.6 Å². The molecule has 3 nitrogen and oxygen atoms in total. The molecule has 1 unspecified atom stereocenters. The fraction of sp³-hybridized carbons (Fsp3) is 0.562. The summed E-state index contributed by atoms with van der Waals surface area (Å²) < 4.78 is 0. The second-order valence-electron chi connectivity index (χ2n) is 6.13. The van der Waals surface area contributed by atoms with Crippen LogP contribution in [0.2, 0.25) is 5.02 Å². The molecule has 0 aliphatic carbocycles. The van der Waals surface area contributed by atoms with Gasteiger partial charge in [-0.15, -0.1) is 12.4 Å². The van der Waals surface area contributed by atoms with E-state index in [0.717, 1.165) is 35.1 Å². The van der Waals surface area contributed by atoms with Gasteiger partial charge in [0.05, 0.1) is 0 Å². The van der Waals surface area contributed by atoms with Crippen molar-refractivity contribution in [2.75, 3.05) is 18.1 Å². The molecule has 0 radical (unpaired) electrons. The SMILES string of the molecule is CC(C)(Cc1ccccc1Cl)NC(=O)CC1CSCCN1.Cl. The Bertz CT molecular complexity index is 491. The number of carbonyl (C=O) groups excluding carboxylic acids is 1. The second kappa shape index (κ2) is 9.02. The van der Waals surface area contributed by atoms with Crippen molar-refractivity contribution in [3.63, 3.8) is 0 Å². The highest BCUT2D eigenvalue weighted by atomic mass is 35.5. The topological polar surface area (TPSA) is 41.1 Å². The summed E-state index contributed by atoms with van der Waals surface area (Å²) in [7, 11) is 0. The Labute approximate surface area is 148 Å². The maximum Gasteiger partial charge on any atom is 0.222 e. The lowest BCUT2D eigenvalue weighted by atomic mass is 9.94. The van der Waals surface area contributed by atoms with E-state index in [1.165, 1.54) is 0 Å². The van der Waals surface area contributed by atoms with Crippen LogP contribution in [0.1, 0.15) is 25.8 Å². The monoisotopic (exact) mass is 362 g/mol. The third-order valence-corrected chi connectivity index (χ3v) is 5.00. The van der Waals surface area contributed by atoms with Crippen LogP contribution in [-0.4, -0.2) is 35.5 Å². The highest BCUT2D eigenvalue weighted by Crippen LogP contribution is 2.21. The Morgan fingerprint density at radius 1 is 1.45 bits per heavy atom. The van der Waals surface area contributed by atoms with E-state index in [1.807, 2.05) is 49.9 Å². The van der Waals surface area contributed by atoms with Gasteiger partial charge < -0.3 is 10.6 Å². The Balaban J connectivity index is 0.00000242. The van der Waals surface area contributed by atoms with Crippen LogP contribution >= 0.6 is 35.8 Å². The van der Waals surface area contributed by atoms with Crippen LogP contribution in [0, 0.1) is 0 Å². The molecule has 2 rings (SSSR count). The number of halogens is 2. The molecule has 6 heteroatoms. The molecule has 0 saturated carbocycles. The third-order valence-electron chi connectivity index (χ3n) is 3.50. The van der Waals surface area contributed by atoms with Gasteiger partial charge in [-0.1, -0.05) is 29.8 Å². The van der Waals surface area contributed by atoms with Crippen molar-refractivity contribution in [2.24, 2.45) is 0 Å². The van der Waals surface area contributed by atoms with Gasteiger partial charge in [0.2, 0.25) is 5.91 Å². The molecule has 1 heterocycles. The minimum Gasteiger partial charge on any atom is -0.351 e. The molecule has 1 aromatic rings. The van der Waals surface area contributed by atoms with Gasteiger partial charge in [0.1, 0.15) is 0 Å². The summed E-state index contributed by atoms with van der Waals surface area (Å²) in [5, 5.41) is 7.28. The van der Waals surface area contributed by atoms with Crippen LogP contribution in [0.5, 0.6) is 0 Å². The molecule has 1 aliphatic rings. The number of hydrogen-bond acceptors (Lipinski definition) is 3. The van der Waals surface area contributed by atoms with Gasteiger partial charge >= 0.3 is 0 Å². The van der Waals surface area contributed by atoms with Crippen LogP contribution in [-0.2, 0) is 11.2 Å². The van der Waals surface area contributed by atoms with Crippen LogP contribution < -0.4 is 10.6 Å². The Kier molecular flexibility index (Phi) is 8.04. The van der Waals surface area contributed by atoms with Crippen molar-refractivity contribution >= 4 is 41.7 Å². The van der Waals surface area contributed by atoms with Gasteiger partial charge in [-0.3, -0.25) is 4.79 Å². The maximum atomic E-state index is 12.2. The zero-order valence-corrected chi connectivity index (χ0v) is 15.4. The number of nitrogens with one attached hydrogen (secondary N) is 2. The van der Waals surface area contributed by atoms with E-state index in [-0.39, 0.29) is 23.9 Å². The lowest BCUT2D eigenvalue weighted by Gasteiger charge is -2.29. The predicted octanol–water partition coefficient (Wildman–Crippen LogP) is 3.29. The minimum atomic E-state index is -0.302. The molecule has 1 amide bonds. The predicted molar refractivity (Wildman–Crippen MR) is 98.4 cm³/mol. The van der Waals surface area contributed by atoms with E-state index in [1.54, 1.807) is 0 Å². The molecule has 1 aromatic carbocycles. The summed E-state index contributed by atoms with van der Waals surface area (Å²) in [5.74, 6) is 2.25. The molecule has 0 aromatic heterocycles. The van der Waals surface area contributed by atoms with Crippen LogP contribution in [0.3, 0.4) is 0 Å². The molecule has 1 fully saturated rings. The van der Waals surface area contributed by atoms with Gasteiger partial charge in [-0.2, -0.15) is 11.8 Å². The first kappa shape index (κ1) is 19.6. The summed E-state index contributed by atoms with van der Waals surface area (Å²) in [6.07, 6.45) is 1.27. The van der Waals surface area contributed by atoms with Crippen molar-refractivity contribution in [3.8, 4) is 0 Å². The van der Waals surface area contributed by atoms with Crippen molar-refractivity contribution in [3.05, 3.63) is 34.9 Å².